The normalized spacial score (nSPS) is 14.3. The zero-order chi connectivity index (χ0) is 19.1. The van der Waals surface area contributed by atoms with E-state index in [1.165, 1.54) is 50.2 Å². The molecule has 0 radical (unpaired) electrons. The van der Waals surface area contributed by atoms with Gasteiger partial charge in [-0.15, -0.1) is 0 Å². The molecule has 1 aliphatic heterocycles. The topological polar surface area (TPSA) is 85.6 Å². The van der Waals surface area contributed by atoms with Crippen LogP contribution in [0, 0.1) is 5.21 Å². The van der Waals surface area contributed by atoms with Gasteiger partial charge in [0, 0.05) is 36.6 Å². The Hall–Kier alpha value is -3.09. The van der Waals surface area contributed by atoms with E-state index in [2.05, 4.69) is 10.2 Å². The Labute approximate surface area is 158 Å². The second-order valence-electron chi connectivity index (χ2n) is 6.52. The molecule has 27 heavy (non-hydrogen) atoms. The van der Waals surface area contributed by atoms with Crippen LogP contribution >= 0.6 is 0 Å². The number of carbonyl (C=O) groups is 2. The summed E-state index contributed by atoms with van der Waals surface area (Å²) in [6.07, 6.45) is 7.37. The van der Waals surface area contributed by atoms with E-state index in [9.17, 15) is 14.8 Å². The number of aromatic nitrogens is 1. The lowest BCUT2D eigenvalue weighted by Gasteiger charge is -2.22. The first-order chi connectivity index (χ1) is 13.1. The molecule has 0 atom stereocenters. The van der Waals surface area contributed by atoms with Crippen molar-refractivity contribution in [3.63, 3.8) is 0 Å². The summed E-state index contributed by atoms with van der Waals surface area (Å²) < 4.78 is 5.53. The van der Waals surface area contributed by atoms with E-state index in [-0.39, 0.29) is 12.2 Å². The monoisotopic (exact) mass is 369 g/mol. The highest BCUT2D eigenvalue weighted by Crippen LogP contribution is 2.21. The summed E-state index contributed by atoms with van der Waals surface area (Å²) >= 11 is 0. The molecule has 0 aliphatic carbocycles. The molecule has 0 spiro atoms. The molecule has 142 valence electrons. The molecule has 1 aliphatic rings. The van der Waals surface area contributed by atoms with Crippen LogP contribution in [0.2, 0.25) is 0 Å². The summed E-state index contributed by atoms with van der Waals surface area (Å²) in [4.78, 5) is 26.2. The van der Waals surface area contributed by atoms with Gasteiger partial charge in [-0.2, -0.15) is 4.73 Å². The first kappa shape index (κ1) is 18.7. The van der Waals surface area contributed by atoms with E-state index in [1.807, 2.05) is 24.3 Å². The summed E-state index contributed by atoms with van der Waals surface area (Å²) in [5, 5.41) is 13.7. The standard InChI is InChI=1S/C20H23N3O4/c24-19(15-27-20(25)16-9-13-23(26)14-10-16)21-17-5-7-18(8-6-17)22-11-3-1-2-4-12-22/h5-10,13-14H,1-4,11-12,15H2,(H,21,24). The molecule has 1 aromatic heterocycles. The zero-order valence-electron chi connectivity index (χ0n) is 15.1. The molecule has 0 unspecified atom stereocenters. The molecule has 1 aromatic carbocycles. The van der Waals surface area contributed by atoms with Gasteiger partial charge in [-0.1, -0.05) is 12.8 Å². The predicted molar refractivity (Wildman–Crippen MR) is 101 cm³/mol. The summed E-state index contributed by atoms with van der Waals surface area (Å²) in [6, 6.07) is 10.4. The van der Waals surface area contributed by atoms with Gasteiger partial charge in [0.25, 0.3) is 5.91 Å². The lowest BCUT2D eigenvalue weighted by molar-refractivity contribution is -0.605. The molecule has 3 rings (SSSR count). The van der Waals surface area contributed by atoms with Gasteiger partial charge >= 0.3 is 5.97 Å². The molecular formula is C20H23N3O4. The van der Waals surface area contributed by atoms with Crippen LogP contribution in [0.5, 0.6) is 0 Å². The lowest BCUT2D eigenvalue weighted by Crippen LogP contribution is -2.25. The number of hydrogen-bond donors (Lipinski definition) is 1. The van der Waals surface area contributed by atoms with Gasteiger partial charge in [0.15, 0.2) is 19.0 Å². The van der Waals surface area contributed by atoms with Crippen LogP contribution in [-0.2, 0) is 9.53 Å². The van der Waals surface area contributed by atoms with Gasteiger partial charge < -0.3 is 20.2 Å². The number of esters is 1. The van der Waals surface area contributed by atoms with Crippen LogP contribution in [-0.4, -0.2) is 31.6 Å². The largest absolute Gasteiger partial charge is 0.619 e. The van der Waals surface area contributed by atoms with Gasteiger partial charge in [0.1, 0.15) is 0 Å². The number of nitrogens with zero attached hydrogens (tertiary/aromatic N) is 2. The predicted octanol–water partition coefficient (Wildman–Crippen LogP) is 2.50. The number of hydrogen-bond acceptors (Lipinski definition) is 5. The van der Waals surface area contributed by atoms with Crippen LogP contribution in [0.4, 0.5) is 11.4 Å². The van der Waals surface area contributed by atoms with Crippen molar-refractivity contribution in [2.24, 2.45) is 0 Å². The number of carbonyl (C=O) groups excluding carboxylic acids is 2. The van der Waals surface area contributed by atoms with E-state index in [1.54, 1.807) is 0 Å². The van der Waals surface area contributed by atoms with Crippen LogP contribution in [0.25, 0.3) is 0 Å². The van der Waals surface area contributed by atoms with Crippen molar-refractivity contribution in [2.45, 2.75) is 25.7 Å². The third-order valence-electron chi connectivity index (χ3n) is 4.49. The van der Waals surface area contributed by atoms with E-state index >= 15 is 0 Å². The van der Waals surface area contributed by atoms with Crippen molar-refractivity contribution in [2.75, 3.05) is 29.9 Å². The number of pyridine rings is 1. The van der Waals surface area contributed by atoms with Crippen molar-refractivity contribution in [1.29, 1.82) is 0 Å². The van der Waals surface area contributed by atoms with Crippen molar-refractivity contribution in [3.8, 4) is 0 Å². The molecule has 0 saturated carbocycles. The number of rotatable bonds is 5. The number of nitrogens with one attached hydrogen (secondary N) is 1. The van der Waals surface area contributed by atoms with Gasteiger partial charge in [-0.05, 0) is 37.1 Å². The third kappa shape index (κ3) is 5.44. The molecule has 1 N–H and O–H groups in total. The molecule has 7 heteroatoms. The molecule has 2 heterocycles. The van der Waals surface area contributed by atoms with E-state index < -0.39 is 11.9 Å². The summed E-state index contributed by atoms with van der Waals surface area (Å²) in [5.74, 6) is -1.07. The van der Waals surface area contributed by atoms with Gasteiger partial charge in [-0.25, -0.2) is 4.79 Å². The van der Waals surface area contributed by atoms with Crippen molar-refractivity contribution in [1.82, 2.24) is 0 Å². The smallest absolute Gasteiger partial charge is 0.339 e. The van der Waals surface area contributed by atoms with E-state index in [0.29, 0.717) is 10.4 Å². The number of benzene rings is 1. The summed E-state index contributed by atoms with van der Waals surface area (Å²) in [5.41, 5.74) is 2.03. The molecule has 1 amide bonds. The lowest BCUT2D eigenvalue weighted by atomic mass is 10.2. The first-order valence-corrected chi connectivity index (χ1v) is 9.13. The van der Waals surface area contributed by atoms with Crippen molar-refractivity contribution >= 4 is 23.3 Å². The maximum Gasteiger partial charge on any atom is 0.339 e. The second kappa shape index (κ2) is 9.02. The second-order valence-corrected chi connectivity index (χ2v) is 6.52. The maximum atomic E-state index is 12.0. The van der Waals surface area contributed by atoms with Gasteiger partial charge in [0.2, 0.25) is 0 Å². The maximum absolute atomic E-state index is 12.0. The molecule has 1 saturated heterocycles. The minimum atomic E-state index is -0.651. The minimum Gasteiger partial charge on any atom is -0.619 e. The fourth-order valence-electron chi connectivity index (χ4n) is 3.04. The number of amides is 1. The fourth-order valence-corrected chi connectivity index (χ4v) is 3.04. The first-order valence-electron chi connectivity index (χ1n) is 9.13. The van der Waals surface area contributed by atoms with Gasteiger partial charge in [-0.3, -0.25) is 4.79 Å². The Bertz CT molecular complexity index is 767. The number of anilines is 2. The minimum absolute atomic E-state index is 0.219. The summed E-state index contributed by atoms with van der Waals surface area (Å²) in [6.45, 7) is 1.74. The SMILES string of the molecule is O=C(COC(=O)c1cc[n+]([O-])cc1)Nc1ccc(N2CCCCCC2)cc1. The quantitative estimate of drug-likeness (QED) is 0.497. The Balaban J connectivity index is 1.48. The Morgan fingerprint density at radius 1 is 1.00 bits per heavy atom. The highest BCUT2D eigenvalue weighted by molar-refractivity contribution is 5.95. The fraction of sp³-hybridized carbons (Fsp3) is 0.350. The molecule has 0 bridgehead atoms. The van der Waals surface area contributed by atoms with Crippen LogP contribution < -0.4 is 14.9 Å². The number of ether oxygens (including phenoxy) is 1. The van der Waals surface area contributed by atoms with Crippen LogP contribution in [0.15, 0.2) is 48.8 Å². The summed E-state index contributed by atoms with van der Waals surface area (Å²) in [7, 11) is 0. The Kier molecular flexibility index (Phi) is 6.25. The van der Waals surface area contributed by atoms with E-state index in [0.717, 1.165) is 18.8 Å². The molecule has 7 nitrogen and oxygen atoms in total. The third-order valence-corrected chi connectivity index (χ3v) is 4.49. The molecule has 2 aromatic rings. The zero-order valence-corrected chi connectivity index (χ0v) is 15.1. The van der Waals surface area contributed by atoms with Crippen LogP contribution in [0.3, 0.4) is 0 Å². The Morgan fingerprint density at radius 2 is 1.63 bits per heavy atom. The van der Waals surface area contributed by atoms with Crippen molar-refractivity contribution in [3.05, 3.63) is 59.6 Å². The average Bonchev–Trinajstić information content (AvgIpc) is 2.97. The van der Waals surface area contributed by atoms with E-state index in [4.69, 9.17) is 4.74 Å². The molecular weight excluding hydrogens is 346 g/mol. The van der Waals surface area contributed by atoms with Crippen LogP contribution in [0.1, 0.15) is 36.0 Å². The highest BCUT2D eigenvalue weighted by Gasteiger charge is 2.12. The highest BCUT2D eigenvalue weighted by atomic mass is 16.5. The van der Waals surface area contributed by atoms with Crippen molar-refractivity contribution < 1.29 is 19.1 Å². The molecule has 1 fully saturated rings. The van der Waals surface area contributed by atoms with Gasteiger partial charge in [0.05, 0.1) is 5.56 Å². The average molecular weight is 369 g/mol. The Morgan fingerprint density at radius 3 is 2.26 bits per heavy atom.